The summed E-state index contributed by atoms with van der Waals surface area (Å²) in [5.41, 5.74) is 1.32. The van der Waals surface area contributed by atoms with E-state index in [1.165, 1.54) is 70.3 Å². The SMILES string of the molecule is c1cc(N2CCC(NCCC3CCCC3)CC2)ccn1. The minimum atomic E-state index is 0.731. The molecule has 2 heterocycles. The molecule has 3 heteroatoms. The number of piperidine rings is 1. The van der Waals surface area contributed by atoms with Crippen LogP contribution in [0.2, 0.25) is 0 Å². The molecule has 0 bridgehead atoms. The van der Waals surface area contributed by atoms with Gasteiger partial charge in [0.25, 0.3) is 0 Å². The highest BCUT2D eigenvalue weighted by Gasteiger charge is 2.20. The van der Waals surface area contributed by atoms with Crippen LogP contribution in [-0.4, -0.2) is 30.7 Å². The van der Waals surface area contributed by atoms with Crippen LogP contribution in [0.1, 0.15) is 44.9 Å². The Labute approximate surface area is 122 Å². The molecule has 0 atom stereocenters. The Kier molecular flexibility index (Phi) is 4.91. The Morgan fingerprint density at radius 1 is 1.05 bits per heavy atom. The quantitative estimate of drug-likeness (QED) is 0.893. The van der Waals surface area contributed by atoms with Crippen molar-refractivity contribution in [1.29, 1.82) is 0 Å². The molecule has 1 saturated heterocycles. The summed E-state index contributed by atoms with van der Waals surface area (Å²) in [7, 11) is 0. The number of hydrogen-bond donors (Lipinski definition) is 1. The van der Waals surface area contributed by atoms with Gasteiger partial charge in [0.15, 0.2) is 0 Å². The summed E-state index contributed by atoms with van der Waals surface area (Å²) in [4.78, 5) is 6.58. The van der Waals surface area contributed by atoms with E-state index in [-0.39, 0.29) is 0 Å². The fourth-order valence-electron chi connectivity index (χ4n) is 3.69. The molecule has 20 heavy (non-hydrogen) atoms. The summed E-state index contributed by atoms with van der Waals surface area (Å²) in [5, 5.41) is 3.78. The molecule has 1 aromatic heterocycles. The van der Waals surface area contributed by atoms with E-state index in [1.807, 2.05) is 12.4 Å². The van der Waals surface area contributed by atoms with Crippen molar-refractivity contribution in [2.45, 2.75) is 51.0 Å². The topological polar surface area (TPSA) is 28.2 Å². The van der Waals surface area contributed by atoms with Crippen LogP contribution < -0.4 is 10.2 Å². The lowest BCUT2D eigenvalue weighted by Crippen LogP contribution is -2.43. The minimum Gasteiger partial charge on any atom is -0.371 e. The molecular formula is C17H27N3. The fourth-order valence-corrected chi connectivity index (χ4v) is 3.69. The standard InChI is InChI=1S/C17H27N3/c1-2-4-15(3-1)5-12-19-16-8-13-20(14-9-16)17-6-10-18-11-7-17/h6-7,10-11,15-16,19H,1-5,8-9,12-14H2. The molecule has 110 valence electrons. The fraction of sp³-hybridized carbons (Fsp3) is 0.706. The predicted octanol–water partition coefficient (Wildman–Crippen LogP) is 3.22. The second-order valence-electron chi connectivity index (χ2n) is 6.36. The first-order valence-electron chi connectivity index (χ1n) is 8.30. The van der Waals surface area contributed by atoms with Gasteiger partial charge in [-0.3, -0.25) is 4.98 Å². The molecule has 0 amide bonds. The summed E-state index contributed by atoms with van der Waals surface area (Å²) in [5.74, 6) is 1.01. The van der Waals surface area contributed by atoms with Gasteiger partial charge >= 0.3 is 0 Å². The van der Waals surface area contributed by atoms with Crippen molar-refractivity contribution >= 4 is 5.69 Å². The first-order valence-corrected chi connectivity index (χ1v) is 8.30. The van der Waals surface area contributed by atoms with E-state index in [0.29, 0.717) is 0 Å². The normalized spacial score (nSPS) is 21.5. The van der Waals surface area contributed by atoms with Crippen LogP contribution in [0.5, 0.6) is 0 Å². The van der Waals surface area contributed by atoms with Gasteiger partial charge in [-0.05, 0) is 43.9 Å². The zero-order valence-corrected chi connectivity index (χ0v) is 12.4. The molecular weight excluding hydrogens is 246 g/mol. The van der Waals surface area contributed by atoms with Crippen LogP contribution in [0.15, 0.2) is 24.5 Å². The zero-order valence-electron chi connectivity index (χ0n) is 12.4. The largest absolute Gasteiger partial charge is 0.371 e. The Morgan fingerprint density at radius 3 is 2.45 bits per heavy atom. The van der Waals surface area contributed by atoms with Crippen molar-refractivity contribution in [2.75, 3.05) is 24.5 Å². The second-order valence-corrected chi connectivity index (χ2v) is 6.36. The predicted molar refractivity (Wildman–Crippen MR) is 84.0 cm³/mol. The van der Waals surface area contributed by atoms with Gasteiger partial charge in [-0.25, -0.2) is 0 Å². The number of anilines is 1. The highest BCUT2D eigenvalue weighted by atomic mass is 15.1. The highest BCUT2D eigenvalue weighted by molar-refractivity contribution is 5.44. The second kappa shape index (κ2) is 7.07. The monoisotopic (exact) mass is 273 g/mol. The summed E-state index contributed by atoms with van der Waals surface area (Å²) >= 11 is 0. The van der Waals surface area contributed by atoms with Crippen molar-refractivity contribution in [2.24, 2.45) is 5.92 Å². The molecule has 0 aromatic carbocycles. The van der Waals surface area contributed by atoms with Crippen molar-refractivity contribution in [1.82, 2.24) is 10.3 Å². The van der Waals surface area contributed by atoms with E-state index in [2.05, 4.69) is 27.3 Å². The molecule has 3 rings (SSSR count). The maximum absolute atomic E-state index is 4.09. The van der Waals surface area contributed by atoms with Crippen LogP contribution >= 0.6 is 0 Å². The number of nitrogens with zero attached hydrogens (tertiary/aromatic N) is 2. The lowest BCUT2D eigenvalue weighted by Gasteiger charge is -2.34. The van der Waals surface area contributed by atoms with Crippen LogP contribution in [0.25, 0.3) is 0 Å². The van der Waals surface area contributed by atoms with E-state index >= 15 is 0 Å². The summed E-state index contributed by atoms with van der Waals surface area (Å²) in [6, 6.07) is 4.97. The molecule has 0 spiro atoms. The molecule has 1 saturated carbocycles. The first-order chi connectivity index (χ1) is 9.92. The number of hydrogen-bond acceptors (Lipinski definition) is 3. The zero-order chi connectivity index (χ0) is 13.6. The number of nitrogens with one attached hydrogen (secondary N) is 1. The summed E-state index contributed by atoms with van der Waals surface area (Å²) < 4.78 is 0. The van der Waals surface area contributed by atoms with E-state index < -0.39 is 0 Å². The lowest BCUT2D eigenvalue weighted by atomic mass is 10.0. The average molecular weight is 273 g/mol. The van der Waals surface area contributed by atoms with Gasteiger partial charge in [0.2, 0.25) is 0 Å². The first kappa shape index (κ1) is 13.9. The van der Waals surface area contributed by atoms with Crippen molar-refractivity contribution < 1.29 is 0 Å². The van der Waals surface area contributed by atoms with Gasteiger partial charge in [-0.1, -0.05) is 25.7 Å². The van der Waals surface area contributed by atoms with E-state index in [1.54, 1.807) is 0 Å². The van der Waals surface area contributed by atoms with Crippen LogP contribution in [0.3, 0.4) is 0 Å². The Balaban J connectivity index is 1.36. The molecule has 1 aliphatic heterocycles. The summed E-state index contributed by atoms with van der Waals surface area (Å²) in [6.45, 7) is 3.57. The number of pyridine rings is 1. The minimum absolute atomic E-state index is 0.731. The van der Waals surface area contributed by atoms with E-state index in [4.69, 9.17) is 0 Å². The number of aromatic nitrogens is 1. The molecule has 1 N–H and O–H groups in total. The van der Waals surface area contributed by atoms with Gasteiger partial charge in [0.05, 0.1) is 0 Å². The third-order valence-corrected chi connectivity index (χ3v) is 4.98. The maximum Gasteiger partial charge on any atom is 0.0397 e. The molecule has 0 radical (unpaired) electrons. The third-order valence-electron chi connectivity index (χ3n) is 4.98. The molecule has 1 aliphatic carbocycles. The van der Waals surface area contributed by atoms with Crippen LogP contribution in [0.4, 0.5) is 5.69 Å². The lowest BCUT2D eigenvalue weighted by molar-refractivity contribution is 0.388. The molecule has 2 aliphatic rings. The highest BCUT2D eigenvalue weighted by Crippen LogP contribution is 2.27. The smallest absolute Gasteiger partial charge is 0.0397 e. The van der Waals surface area contributed by atoms with Gasteiger partial charge in [-0.2, -0.15) is 0 Å². The van der Waals surface area contributed by atoms with Crippen molar-refractivity contribution in [3.05, 3.63) is 24.5 Å². The summed E-state index contributed by atoms with van der Waals surface area (Å²) in [6.07, 6.45) is 13.6. The molecule has 3 nitrogen and oxygen atoms in total. The van der Waals surface area contributed by atoms with Crippen molar-refractivity contribution in [3.8, 4) is 0 Å². The molecule has 2 fully saturated rings. The molecule has 0 unspecified atom stereocenters. The third kappa shape index (κ3) is 3.72. The van der Waals surface area contributed by atoms with Crippen molar-refractivity contribution in [3.63, 3.8) is 0 Å². The Hall–Kier alpha value is -1.09. The Bertz CT molecular complexity index is 378. The van der Waals surface area contributed by atoms with Gasteiger partial charge in [-0.15, -0.1) is 0 Å². The van der Waals surface area contributed by atoms with E-state index in [9.17, 15) is 0 Å². The van der Waals surface area contributed by atoms with Gasteiger partial charge in [0.1, 0.15) is 0 Å². The molecule has 1 aromatic rings. The van der Waals surface area contributed by atoms with Crippen LogP contribution in [0, 0.1) is 5.92 Å². The average Bonchev–Trinajstić information content (AvgIpc) is 3.02. The number of rotatable bonds is 5. The van der Waals surface area contributed by atoms with Gasteiger partial charge < -0.3 is 10.2 Å². The maximum atomic E-state index is 4.09. The van der Waals surface area contributed by atoms with Crippen LogP contribution in [-0.2, 0) is 0 Å². The van der Waals surface area contributed by atoms with Gasteiger partial charge in [0, 0.05) is 37.2 Å². The van der Waals surface area contributed by atoms with E-state index in [0.717, 1.165) is 12.0 Å². The Morgan fingerprint density at radius 2 is 1.75 bits per heavy atom.